The molecule has 0 spiro atoms. The van der Waals surface area contributed by atoms with E-state index in [4.69, 9.17) is 4.74 Å². The third-order valence-electron chi connectivity index (χ3n) is 3.28. The number of hydrogen-bond donors (Lipinski definition) is 2. The molecule has 0 aromatic heterocycles. The molecule has 0 aliphatic heterocycles. The first kappa shape index (κ1) is 20.7. The van der Waals surface area contributed by atoms with Crippen LogP contribution in [0, 0.1) is 10.7 Å². The number of halogens is 3. The number of aliphatic carboxylic acids is 1. The lowest BCUT2D eigenvalue weighted by Crippen LogP contribution is -2.20. The average molecular weight is 677 g/mol. The molecular formula is C17H14I3NO4. The molecule has 1 atom stereocenters. The van der Waals surface area contributed by atoms with Gasteiger partial charge in [-0.05, 0) is 73.8 Å². The molecule has 2 N–H and O–H groups in total. The third kappa shape index (κ3) is 5.18. The van der Waals surface area contributed by atoms with Crippen molar-refractivity contribution in [2.45, 2.75) is 19.4 Å². The highest BCUT2D eigenvalue weighted by Crippen LogP contribution is 2.39. The molecule has 2 rings (SSSR count). The first-order valence-corrected chi connectivity index (χ1v) is 10.5. The minimum Gasteiger partial charge on any atom is -0.478 e. The number of hydrogen-bond acceptors (Lipinski definition) is 3. The highest BCUT2D eigenvalue weighted by Gasteiger charge is 2.26. The molecule has 0 aliphatic rings. The molecule has 0 saturated heterocycles. The average Bonchev–Trinajstić information content (AvgIpc) is 2.58. The first-order valence-electron chi connectivity index (χ1n) is 7.26. The van der Waals surface area contributed by atoms with Gasteiger partial charge in [-0.2, -0.15) is 0 Å². The molecule has 8 heteroatoms. The molecule has 2 aromatic carbocycles. The van der Waals surface area contributed by atoms with Crippen molar-refractivity contribution in [3.63, 3.8) is 0 Å². The van der Waals surface area contributed by atoms with Crippen molar-refractivity contribution >= 4 is 85.3 Å². The predicted molar refractivity (Wildman–Crippen MR) is 121 cm³/mol. The van der Waals surface area contributed by atoms with E-state index in [0.29, 0.717) is 27.0 Å². The molecule has 0 aliphatic carbocycles. The van der Waals surface area contributed by atoms with Crippen LogP contribution < -0.4 is 10.1 Å². The third-order valence-corrected chi connectivity index (χ3v) is 5.96. The summed E-state index contributed by atoms with van der Waals surface area (Å²) in [5, 5.41) is 12.4. The summed E-state index contributed by atoms with van der Waals surface area (Å²) in [7, 11) is 0. The van der Waals surface area contributed by atoms with E-state index in [9.17, 15) is 14.7 Å². The fourth-order valence-corrected chi connectivity index (χ4v) is 5.92. The van der Waals surface area contributed by atoms with E-state index in [2.05, 4.69) is 73.1 Å². The molecular weight excluding hydrogens is 663 g/mol. The molecule has 1 amide bonds. The zero-order valence-corrected chi connectivity index (χ0v) is 19.5. The molecule has 1 unspecified atom stereocenters. The second kappa shape index (κ2) is 9.35. The van der Waals surface area contributed by atoms with Crippen LogP contribution in [0.4, 0.5) is 5.69 Å². The topological polar surface area (TPSA) is 75.6 Å². The summed E-state index contributed by atoms with van der Waals surface area (Å²) in [5.41, 5.74) is 1.19. The summed E-state index contributed by atoms with van der Waals surface area (Å²) in [5.74, 6) is -0.736. The summed E-state index contributed by atoms with van der Waals surface area (Å²) in [6.07, 6.45) is -0.770. The zero-order valence-electron chi connectivity index (χ0n) is 13.1. The van der Waals surface area contributed by atoms with Crippen molar-refractivity contribution in [1.29, 1.82) is 0 Å². The van der Waals surface area contributed by atoms with Crippen molar-refractivity contribution < 1.29 is 19.4 Å². The lowest BCUT2D eigenvalue weighted by atomic mass is 10.1. The van der Waals surface area contributed by atoms with Crippen LogP contribution in [0.15, 0.2) is 36.4 Å². The lowest BCUT2D eigenvalue weighted by Gasteiger charge is -2.20. The van der Waals surface area contributed by atoms with Crippen LogP contribution in [0.1, 0.15) is 25.0 Å². The van der Waals surface area contributed by atoms with Gasteiger partial charge in [-0.15, -0.1) is 0 Å². The monoisotopic (exact) mass is 677 g/mol. The Morgan fingerprint density at radius 1 is 1.16 bits per heavy atom. The van der Waals surface area contributed by atoms with Crippen LogP contribution >= 0.6 is 67.8 Å². The molecule has 2 aromatic rings. The summed E-state index contributed by atoms with van der Waals surface area (Å²) < 4.78 is 8.19. The van der Waals surface area contributed by atoms with E-state index in [1.807, 2.05) is 12.1 Å². The molecule has 0 bridgehead atoms. The van der Waals surface area contributed by atoms with Crippen LogP contribution in [0.2, 0.25) is 0 Å². The van der Waals surface area contributed by atoms with Gasteiger partial charge in [0.15, 0.2) is 0 Å². The van der Waals surface area contributed by atoms with Crippen molar-refractivity contribution in [1.82, 2.24) is 0 Å². The Morgan fingerprint density at radius 2 is 1.80 bits per heavy atom. The molecule has 5 nitrogen and oxygen atoms in total. The molecule has 0 saturated carbocycles. The number of carbonyl (C=O) groups is 2. The second-order valence-electron chi connectivity index (χ2n) is 5.01. The van der Waals surface area contributed by atoms with Gasteiger partial charge in [0.2, 0.25) is 12.0 Å². The van der Waals surface area contributed by atoms with E-state index in [1.165, 1.54) is 0 Å². The Morgan fingerprint density at radius 3 is 2.36 bits per heavy atom. The highest BCUT2D eigenvalue weighted by atomic mass is 127. The van der Waals surface area contributed by atoms with Crippen LogP contribution in [-0.4, -0.2) is 17.0 Å². The highest BCUT2D eigenvalue weighted by molar-refractivity contribution is 14.1. The number of benzene rings is 2. The molecule has 0 fully saturated rings. The lowest BCUT2D eigenvalue weighted by molar-refractivity contribution is -0.145. The minimum absolute atomic E-state index is 0.110. The Bertz CT molecular complexity index is 796. The smallest absolute Gasteiger partial charge is 0.349 e. The van der Waals surface area contributed by atoms with E-state index < -0.39 is 12.1 Å². The molecule has 0 radical (unpaired) electrons. The Hall–Kier alpha value is -0.630. The number of nitrogens with one attached hydrogen (secondary N) is 1. The number of carbonyl (C=O) groups excluding carboxylic acids is 1. The van der Waals surface area contributed by atoms with E-state index >= 15 is 0 Å². The van der Waals surface area contributed by atoms with Gasteiger partial charge in [0.05, 0.1) is 12.8 Å². The van der Waals surface area contributed by atoms with Crippen molar-refractivity contribution in [2.24, 2.45) is 0 Å². The number of carboxylic acids is 1. The Kier molecular flexibility index (Phi) is 7.73. The predicted octanol–water partition coefficient (Wildman–Crippen LogP) is 5.05. The van der Waals surface area contributed by atoms with Crippen molar-refractivity contribution in [3.05, 3.63) is 52.7 Å². The first-order chi connectivity index (χ1) is 11.8. The van der Waals surface area contributed by atoms with E-state index in [0.717, 1.165) is 7.14 Å². The number of rotatable bonds is 6. The van der Waals surface area contributed by atoms with Gasteiger partial charge in [0.25, 0.3) is 0 Å². The normalized spacial score (nSPS) is 11.7. The van der Waals surface area contributed by atoms with Gasteiger partial charge in [-0.25, -0.2) is 4.79 Å². The van der Waals surface area contributed by atoms with E-state index in [-0.39, 0.29) is 5.91 Å². The number of ether oxygens (including phenoxy) is 1. The maximum atomic E-state index is 11.8. The number of anilines is 1. The Labute approximate surface area is 186 Å². The van der Waals surface area contributed by atoms with E-state index in [1.54, 1.807) is 31.2 Å². The Balaban J connectivity index is 2.45. The van der Waals surface area contributed by atoms with Crippen LogP contribution in [-0.2, 0) is 9.59 Å². The quantitative estimate of drug-likeness (QED) is 0.420. The van der Waals surface area contributed by atoms with Gasteiger partial charge in [-0.3, -0.25) is 4.79 Å². The SMILES string of the molecule is CCC(=O)Nc1c(I)cc(I)c(OC(C(=O)O)c2ccccc2)c1I. The van der Waals surface area contributed by atoms with Gasteiger partial charge < -0.3 is 15.2 Å². The molecule has 25 heavy (non-hydrogen) atoms. The number of carboxylic acid groups (broad SMARTS) is 1. The summed E-state index contributed by atoms with van der Waals surface area (Å²) in [6.45, 7) is 1.77. The second-order valence-corrected chi connectivity index (χ2v) is 8.41. The molecule has 132 valence electrons. The zero-order chi connectivity index (χ0) is 18.6. The maximum Gasteiger partial charge on any atom is 0.349 e. The fourth-order valence-electron chi connectivity index (χ4n) is 2.03. The maximum absolute atomic E-state index is 11.8. The van der Waals surface area contributed by atoms with Crippen LogP contribution in [0.5, 0.6) is 5.75 Å². The summed E-state index contributed by atoms with van der Waals surface area (Å²) in [4.78, 5) is 23.5. The minimum atomic E-state index is -1.13. The summed E-state index contributed by atoms with van der Waals surface area (Å²) in [6, 6.07) is 10.6. The van der Waals surface area contributed by atoms with Crippen LogP contribution in [0.3, 0.4) is 0 Å². The van der Waals surface area contributed by atoms with Crippen molar-refractivity contribution in [2.75, 3.05) is 5.32 Å². The van der Waals surface area contributed by atoms with Gasteiger partial charge in [0.1, 0.15) is 5.75 Å². The number of amides is 1. The van der Waals surface area contributed by atoms with Crippen molar-refractivity contribution in [3.8, 4) is 5.75 Å². The largest absolute Gasteiger partial charge is 0.478 e. The van der Waals surface area contributed by atoms with Gasteiger partial charge >= 0.3 is 5.97 Å². The standard InChI is InChI=1S/C17H14I3NO4/c1-2-12(22)21-14-10(18)8-11(19)16(13(14)20)25-15(17(23)24)9-6-4-3-5-7-9/h3-8,15H,2H2,1H3,(H,21,22)(H,23,24). The summed E-state index contributed by atoms with van der Waals surface area (Å²) >= 11 is 6.32. The van der Waals surface area contributed by atoms with Gasteiger partial charge in [0, 0.05) is 15.6 Å². The van der Waals surface area contributed by atoms with Crippen LogP contribution in [0.25, 0.3) is 0 Å². The van der Waals surface area contributed by atoms with Gasteiger partial charge in [-0.1, -0.05) is 37.3 Å². The fraction of sp³-hybridized carbons (Fsp3) is 0.176. The molecule has 0 heterocycles.